The van der Waals surface area contributed by atoms with E-state index in [9.17, 15) is 0 Å². The van der Waals surface area contributed by atoms with Crippen LogP contribution in [0.4, 0.5) is 5.69 Å². The molecule has 0 bridgehead atoms. The molecule has 2 aromatic carbocycles. The van der Waals surface area contributed by atoms with Crippen molar-refractivity contribution < 1.29 is 5.21 Å². The number of oxime groups is 1. The molecule has 2 rings (SSSR count). The molecule has 4 nitrogen and oxygen atoms in total. The first-order valence-corrected chi connectivity index (χ1v) is 7.11. The van der Waals surface area contributed by atoms with E-state index < -0.39 is 0 Å². The van der Waals surface area contributed by atoms with Gasteiger partial charge < -0.3 is 16.3 Å². The highest BCUT2D eigenvalue weighted by atomic mass is 35.5. The maximum absolute atomic E-state index is 8.67. The molecule has 110 valence electrons. The summed E-state index contributed by atoms with van der Waals surface area (Å²) in [7, 11) is 0. The van der Waals surface area contributed by atoms with Gasteiger partial charge >= 0.3 is 0 Å². The van der Waals surface area contributed by atoms with Crippen molar-refractivity contribution in [2.24, 2.45) is 10.9 Å². The second-order valence-corrected chi connectivity index (χ2v) is 5.06. The van der Waals surface area contributed by atoms with Gasteiger partial charge in [-0.25, -0.2) is 0 Å². The minimum Gasteiger partial charge on any atom is -0.409 e. The van der Waals surface area contributed by atoms with Gasteiger partial charge in [0.05, 0.1) is 0 Å². The van der Waals surface area contributed by atoms with Gasteiger partial charge in [0.15, 0.2) is 5.84 Å². The summed E-state index contributed by atoms with van der Waals surface area (Å²) >= 11 is 6.24. The van der Waals surface area contributed by atoms with E-state index in [1.165, 1.54) is 5.56 Å². The molecule has 0 atom stereocenters. The van der Waals surface area contributed by atoms with Crippen LogP contribution in [0.3, 0.4) is 0 Å². The zero-order valence-electron chi connectivity index (χ0n) is 11.8. The Morgan fingerprint density at radius 2 is 2.00 bits per heavy atom. The molecule has 0 aromatic heterocycles. The number of rotatable bonds is 5. The van der Waals surface area contributed by atoms with Gasteiger partial charge in [0.1, 0.15) is 0 Å². The number of amidine groups is 1. The molecule has 0 aliphatic heterocycles. The molecule has 0 saturated carbocycles. The van der Waals surface area contributed by atoms with Crippen molar-refractivity contribution in [3.8, 4) is 0 Å². The summed E-state index contributed by atoms with van der Waals surface area (Å²) in [4.78, 5) is 0. The SMILES string of the molecule is CCc1ccccc1NCc1ccc(/C(N)=N/O)cc1Cl. The van der Waals surface area contributed by atoms with Crippen molar-refractivity contribution in [3.05, 3.63) is 64.2 Å². The number of aryl methyl sites for hydroxylation is 1. The van der Waals surface area contributed by atoms with Crippen molar-refractivity contribution in [1.82, 2.24) is 0 Å². The third-order valence-corrected chi connectivity index (χ3v) is 3.68. The molecule has 0 heterocycles. The zero-order valence-corrected chi connectivity index (χ0v) is 12.6. The van der Waals surface area contributed by atoms with E-state index in [1.807, 2.05) is 18.2 Å². The van der Waals surface area contributed by atoms with Crippen LogP contribution >= 0.6 is 11.6 Å². The van der Waals surface area contributed by atoms with E-state index in [0.717, 1.165) is 17.7 Å². The van der Waals surface area contributed by atoms with Gasteiger partial charge in [0.2, 0.25) is 0 Å². The molecule has 0 unspecified atom stereocenters. The van der Waals surface area contributed by atoms with Crippen molar-refractivity contribution in [2.75, 3.05) is 5.32 Å². The van der Waals surface area contributed by atoms with E-state index in [0.29, 0.717) is 17.1 Å². The minimum atomic E-state index is 0.0488. The number of benzene rings is 2. The van der Waals surface area contributed by atoms with E-state index in [4.69, 9.17) is 22.5 Å². The molecule has 0 saturated heterocycles. The second kappa shape index (κ2) is 6.99. The van der Waals surface area contributed by atoms with Gasteiger partial charge in [-0.15, -0.1) is 0 Å². The second-order valence-electron chi connectivity index (χ2n) is 4.66. The normalized spacial score (nSPS) is 11.4. The fourth-order valence-electron chi connectivity index (χ4n) is 2.10. The van der Waals surface area contributed by atoms with Crippen molar-refractivity contribution in [3.63, 3.8) is 0 Å². The summed E-state index contributed by atoms with van der Waals surface area (Å²) in [6, 6.07) is 13.5. The number of para-hydroxylation sites is 1. The maximum Gasteiger partial charge on any atom is 0.170 e. The van der Waals surface area contributed by atoms with Gasteiger partial charge in [0, 0.05) is 22.8 Å². The molecule has 0 aliphatic rings. The molecule has 5 heteroatoms. The van der Waals surface area contributed by atoms with Crippen molar-refractivity contribution in [2.45, 2.75) is 19.9 Å². The molecule has 21 heavy (non-hydrogen) atoms. The Hall–Kier alpha value is -2.20. The lowest BCUT2D eigenvalue weighted by Gasteiger charge is -2.12. The molecule has 0 amide bonds. The molecule has 4 N–H and O–H groups in total. The van der Waals surface area contributed by atoms with Crippen LogP contribution < -0.4 is 11.1 Å². The van der Waals surface area contributed by atoms with Crippen LogP contribution in [0.25, 0.3) is 0 Å². The number of nitrogens with two attached hydrogens (primary N) is 1. The van der Waals surface area contributed by atoms with E-state index in [-0.39, 0.29) is 5.84 Å². The fraction of sp³-hybridized carbons (Fsp3) is 0.188. The van der Waals surface area contributed by atoms with Crippen LogP contribution in [0.5, 0.6) is 0 Å². The van der Waals surface area contributed by atoms with Crippen LogP contribution in [0, 0.1) is 0 Å². The van der Waals surface area contributed by atoms with Crippen LogP contribution in [0.1, 0.15) is 23.6 Å². The lowest BCUT2D eigenvalue weighted by Crippen LogP contribution is -2.13. The van der Waals surface area contributed by atoms with E-state index in [2.05, 4.69) is 29.5 Å². The number of halogens is 1. The van der Waals surface area contributed by atoms with E-state index in [1.54, 1.807) is 12.1 Å². The monoisotopic (exact) mass is 303 g/mol. The average molecular weight is 304 g/mol. The number of nitrogens with zero attached hydrogens (tertiary/aromatic N) is 1. The van der Waals surface area contributed by atoms with Gasteiger partial charge in [-0.05, 0) is 29.7 Å². The topological polar surface area (TPSA) is 70.6 Å². The predicted octanol–water partition coefficient (Wildman–Crippen LogP) is 3.61. The number of hydrogen-bond donors (Lipinski definition) is 3. The largest absolute Gasteiger partial charge is 0.409 e. The lowest BCUT2D eigenvalue weighted by molar-refractivity contribution is 0.318. The third kappa shape index (κ3) is 3.67. The maximum atomic E-state index is 8.67. The number of hydrogen-bond acceptors (Lipinski definition) is 3. The van der Waals surface area contributed by atoms with Gasteiger partial charge in [-0.1, -0.05) is 54.0 Å². The van der Waals surface area contributed by atoms with Crippen molar-refractivity contribution >= 4 is 23.1 Å². The average Bonchev–Trinajstić information content (AvgIpc) is 2.53. The smallest absolute Gasteiger partial charge is 0.170 e. The highest BCUT2D eigenvalue weighted by molar-refractivity contribution is 6.31. The Labute approximate surface area is 129 Å². The summed E-state index contributed by atoms with van der Waals surface area (Å²) < 4.78 is 0. The predicted molar refractivity (Wildman–Crippen MR) is 87.1 cm³/mol. The van der Waals surface area contributed by atoms with Gasteiger partial charge in [-0.2, -0.15) is 0 Å². The first kappa shape index (κ1) is 15.2. The minimum absolute atomic E-state index is 0.0488. The molecular weight excluding hydrogens is 286 g/mol. The fourth-order valence-corrected chi connectivity index (χ4v) is 2.35. The molecule has 0 spiro atoms. The first-order chi connectivity index (χ1) is 10.2. The van der Waals surface area contributed by atoms with Crippen LogP contribution in [0.2, 0.25) is 5.02 Å². The van der Waals surface area contributed by atoms with Gasteiger partial charge in [-0.3, -0.25) is 0 Å². The highest BCUT2D eigenvalue weighted by Crippen LogP contribution is 2.21. The quantitative estimate of drug-likeness (QED) is 0.342. The standard InChI is InChI=1S/C16H18ClN3O/c1-2-11-5-3-4-6-15(11)19-10-13-8-7-12(9-14(13)17)16(18)20-21/h3-9,19,21H,2,10H2,1H3,(H2,18,20). The molecule has 0 radical (unpaired) electrons. The molecular formula is C16H18ClN3O. The number of nitrogens with one attached hydrogen (secondary N) is 1. The summed E-state index contributed by atoms with van der Waals surface area (Å²) in [5, 5.41) is 15.6. The molecule has 0 aliphatic carbocycles. The van der Waals surface area contributed by atoms with Crippen LogP contribution in [0.15, 0.2) is 47.6 Å². The molecule has 0 fully saturated rings. The Kier molecular flexibility index (Phi) is 5.06. The Morgan fingerprint density at radius 3 is 2.67 bits per heavy atom. The molecule has 2 aromatic rings. The number of anilines is 1. The van der Waals surface area contributed by atoms with Crippen molar-refractivity contribution in [1.29, 1.82) is 0 Å². The van der Waals surface area contributed by atoms with Crippen LogP contribution in [-0.2, 0) is 13.0 Å². The first-order valence-electron chi connectivity index (χ1n) is 6.73. The Balaban J connectivity index is 2.14. The Morgan fingerprint density at radius 1 is 1.24 bits per heavy atom. The van der Waals surface area contributed by atoms with Gasteiger partial charge in [0.25, 0.3) is 0 Å². The lowest BCUT2D eigenvalue weighted by atomic mass is 10.1. The summed E-state index contributed by atoms with van der Waals surface area (Å²) in [6.07, 6.45) is 0.972. The Bertz CT molecular complexity index is 656. The zero-order chi connectivity index (χ0) is 15.2. The summed E-state index contributed by atoms with van der Waals surface area (Å²) in [5.41, 5.74) is 9.47. The van der Waals surface area contributed by atoms with E-state index >= 15 is 0 Å². The van der Waals surface area contributed by atoms with Crippen LogP contribution in [-0.4, -0.2) is 11.0 Å². The highest BCUT2D eigenvalue weighted by Gasteiger charge is 2.06. The summed E-state index contributed by atoms with van der Waals surface area (Å²) in [6.45, 7) is 2.74. The summed E-state index contributed by atoms with van der Waals surface area (Å²) in [5.74, 6) is 0.0488. The third-order valence-electron chi connectivity index (χ3n) is 3.32.